The van der Waals surface area contributed by atoms with Crippen LogP contribution in [-0.4, -0.2) is 90.1 Å². The molecule has 2 aliphatic carbocycles. The normalized spacial score (nSPS) is 22.1. The zero-order chi connectivity index (χ0) is 45.1. The Morgan fingerprint density at radius 2 is 1.81 bits per heavy atom. The van der Waals surface area contributed by atoms with E-state index < -0.39 is 98.5 Å². The minimum atomic E-state index is -4.97. The molecule has 0 unspecified atom stereocenters. The summed E-state index contributed by atoms with van der Waals surface area (Å²) in [6.45, 7) is 4.89. The van der Waals surface area contributed by atoms with Gasteiger partial charge in [0.1, 0.15) is 35.3 Å². The van der Waals surface area contributed by atoms with Gasteiger partial charge in [-0.25, -0.2) is 31.6 Å². The number of fused-ring (bicyclic) bond motifs is 1. The van der Waals surface area contributed by atoms with Gasteiger partial charge in [0.2, 0.25) is 34.1 Å². The summed E-state index contributed by atoms with van der Waals surface area (Å²) in [5.41, 5.74) is -4.41. The number of benzene rings is 2. The maximum Gasteiger partial charge on any atom is 0.419 e. The van der Waals surface area contributed by atoms with E-state index in [2.05, 4.69) is 20.6 Å². The number of halogens is 7. The second kappa shape index (κ2) is 16.7. The lowest BCUT2D eigenvalue weighted by Gasteiger charge is -2.35. The van der Waals surface area contributed by atoms with Gasteiger partial charge in [-0.3, -0.25) is 19.1 Å². The lowest BCUT2D eigenvalue weighted by atomic mass is 9.85. The summed E-state index contributed by atoms with van der Waals surface area (Å²) in [5.74, 6) is -4.85. The molecule has 5 atom stereocenters. The summed E-state index contributed by atoms with van der Waals surface area (Å²) in [4.78, 5) is 52.9. The van der Waals surface area contributed by atoms with E-state index in [0.717, 1.165) is 17.4 Å². The molecule has 0 radical (unpaired) electrons. The van der Waals surface area contributed by atoms with Crippen LogP contribution in [0.5, 0.6) is 11.6 Å². The van der Waals surface area contributed by atoms with Crippen LogP contribution in [0.15, 0.2) is 48.0 Å². The van der Waals surface area contributed by atoms with Crippen molar-refractivity contribution in [1.82, 2.24) is 24.9 Å². The molecule has 7 rings (SSSR count). The first-order valence-electron chi connectivity index (χ1n) is 19.4. The van der Waals surface area contributed by atoms with Crippen molar-refractivity contribution in [3.8, 4) is 22.9 Å². The number of carbonyl (C=O) groups is 3. The highest BCUT2D eigenvalue weighted by atomic mass is 35.5. The highest BCUT2D eigenvalue weighted by Crippen LogP contribution is 2.48. The molecule has 3 fully saturated rings. The first kappa shape index (κ1) is 45.1. The molecule has 13 nitrogen and oxygen atoms in total. The quantitative estimate of drug-likeness (QED) is 0.110. The average molecular weight is 931 g/mol. The topological polar surface area (TPSA) is 169 Å². The van der Waals surface area contributed by atoms with Gasteiger partial charge in [0, 0.05) is 39.6 Å². The molecule has 3 amide bonds. The number of thiazole rings is 1. The van der Waals surface area contributed by atoms with Crippen LogP contribution in [-0.2, 0) is 30.6 Å². The van der Waals surface area contributed by atoms with Gasteiger partial charge in [-0.2, -0.15) is 13.2 Å². The predicted molar refractivity (Wildman–Crippen MR) is 217 cm³/mol. The number of alkyl halides is 5. The number of aromatic nitrogens is 2. The summed E-state index contributed by atoms with van der Waals surface area (Å²) in [7, 11) is -2.69. The van der Waals surface area contributed by atoms with E-state index in [4.69, 9.17) is 21.1 Å². The Morgan fingerprint density at radius 1 is 1.08 bits per heavy atom. The number of methoxy groups -OCH3 is 1. The van der Waals surface area contributed by atoms with E-state index in [1.54, 1.807) is 39.0 Å². The SMILES string of the molecule is COc1cnc(O[C@@H]2C[C@@H](C(=O)N[C@]3(C(=O)NS(=O)(=O)C4CC4)C[C@H]3CC(F)F)N(C(=O)[C@@H](Nc3nc(-c4ccc(F)c(C(F)(F)F)c4)cs3)C(C)(C)C)C2)c2cc(Cl)ccc12. The molecule has 0 bridgehead atoms. The molecule has 1 aliphatic heterocycles. The van der Waals surface area contributed by atoms with E-state index in [-0.39, 0.29) is 41.7 Å². The number of likely N-dealkylation sites (tertiary alicyclic amines) is 1. The second-order valence-electron chi connectivity index (χ2n) is 16.6. The summed E-state index contributed by atoms with van der Waals surface area (Å²) in [5, 5.41) is 7.68. The Hall–Kier alpha value is -4.89. The Morgan fingerprint density at radius 3 is 2.45 bits per heavy atom. The fourth-order valence-electron chi connectivity index (χ4n) is 7.57. The molecule has 62 heavy (non-hydrogen) atoms. The molecule has 1 saturated heterocycles. The molecule has 0 spiro atoms. The van der Waals surface area contributed by atoms with Crippen LogP contribution in [0.25, 0.3) is 22.0 Å². The smallest absolute Gasteiger partial charge is 0.419 e. The molecule has 2 saturated carbocycles. The van der Waals surface area contributed by atoms with Gasteiger partial charge in [-0.05, 0) is 67.0 Å². The standard InChI is InChI=1S/C40H41ClF6N6O7S2/c1-38(2,3)32(50-37-49-28(18-61-37)19-5-10-27(42)26(11-19)40(45,46)47)35(55)53-17-22(60-34-25-13-21(41)6-9-24(25)30(59-4)16-48-34)14-29(53)33(54)51-39(15-20(39)12-31(43)44)36(56)52-62(57,58)23-7-8-23/h5-6,9-11,13,16,18,20,22-23,29,31-32H,7-8,12,14-15,17H2,1-4H3,(H,49,50)(H,51,54)(H,52,56)/t20-,22-,29+,32-,39-/m1/s1. The Kier molecular flexibility index (Phi) is 12.1. The number of hydrogen-bond donors (Lipinski definition) is 3. The Bertz CT molecular complexity index is 2520. The molecular weight excluding hydrogens is 890 g/mol. The number of hydrogen-bond acceptors (Lipinski definition) is 11. The van der Waals surface area contributed by atoms with Crippen LogP contribution < -0.4 is 24.8 Å². The van der Waals surface area contributed by atoms with E-state index in [9.17, 15) is 49.1 Å². The number of carbonyl (C=O) groups excluding carboxylic acids is 3. The average Bonchev–Trinajstić information content (AvgIpc) is 4.06. The first-order valence-corrected chi connectivity index (χ1v) is 22.2. The number of pyridine rings is 1. The molecule has 2 aromatic heterocycles. The molecule has 3 heterocycles. The van der Waals surface area contributed by atoms with Gasteiger partial charge >= 0.3 is 6.18 Å². The molecule has 3 aliphatic rings. The third-order valence-corrected chi connectivity index (χ3v) is 13.9. The van der Waals surface area contributed by atoms with Crippen molar-refractivity contribution in [3.05, 3.63) is 64.4 Å². The lowest BCUT2D eigenvalue weighted by molar-refractivity contribution is -0.141. The molecule has 3 N–H and O–H groups in total. The maximum absolute atomic E-state index is 14.8. The summed E-state index contributed by atoms with van der Waals surface area (Å²) < 4.78 is 121. The highest BCUT2D eigenvalue weighted by molar-refractivity contribution is 7.91. The maximum atomic E-state index is 14.8. The van der Waals surface area contributed by atoms with Crippen LogP contribution >= 0.6 is 22.9 Å². The number of nitrogens with one attached hydrogen (secondary N) is 3. The zero-order valence-corrected chi connectivity index (χ0v) is 35.9. The van der Waals surface area contributed by atoms with Crippen LogP contribution in [0.2, 0.25) is 5.02 Å². The number of rotatable bonds is 14. The van der Waals surface area contributed by atoms with Gasteiger partial charge in [0.05, 0.1) is 36.4 Å². The number of sulfonamides is 1. The number of nitrogens with zero attached hydrogens (tertiary/aromatic N) is 3. The number of ether oxygens (including phenoxy) is 2. The monoisotopic (exact) mass is 930 g/mol. The predicted octanol–water partition coefficient (Wildman–Crippen LogP) is 7.19. The minimum Gasteiger partial charge on any atom is -0.494 e. The van der Waals surface area contributed by atoms with Crippen molar-refractivity contribution in [1.29, 1.82) is 0 Å². The summed E-state index contributed by atoms with van der Waals surface area (Å²) >= 11 is 7.28. The van der Waals surface area contributed by atoms with Crippen LogP contribution in [0.4, 0.5) is 31.5 Å². The van der Waals surface area contributed by atoms with Gasteiger partial charge < -0.3 is 25.0 Å². The van der Waals surface area contributed by atoms with Crippen molar-refractivity contribution in [2.75, 3.05) is 19.0 Å². The van der Waals surface area contributed by atoms with E-state index in [1.165, 1.54) is 23.6 Å². The van der Waals surface area contributed by atoms with Crippen LogP contribution in [0.3, 0.4) is 0 Å². The summed E-state index contributed by atoms with van der Waals surface area (Å²) in [6.07, 6.45) is -8.04. The van der Waals surface area contributed by atoms with Crippen LogP contribution in [0.1, 0.15) is 58.4 Å². The van der Waals surface area contributed by atoms with Gasteiger partial charge in [0.25, 0.3) is 5.91 Å². The first-order chi connectivity index (χ1) is 29.0. The lowest BCUT2D eigenvalue weighted by Crippen LogP contribution is -2.58. The van der Waals surface area contributed by atoms with Crippen molar-refractivity contribution in [2.24, 2.45) is 11.3 Å². The van der Waals surface area contributed by atoms with Gasteiger partial charge in [0.15, 0.2) is 5.13 Å². The molecular formula is C40H41ClF6N6O7S2. The van der Waals surface area contributed by atoms with E-state index in [1.807, 2.05) is 4.72 Å². The minimum absolute atomic E-state index is 0.0352. The molecule has 2 aromatic carbocycles. The van der Waals surface area contributed by atoms with E-state index in [0.29, 0.717) is 46.5 Å². The van der Waals surface area contributed by atoms with Gasteiger partial charge in [-0.15, -0.1) is 11.3 Å². The van der Waals surface area contributed by atoms with Gasteiger partial charge in [-0.1, -0.05) is 32.4 Å². The third-order valence-electron chi connectivity index (χ3n) is 11.1. The third kappa shape index (κ3) is 9.39. The number of amides is 3. The fraction of sp³-hybridized carbons (Fsp3) is 0.475. The molecule has 22 heteroatoms. The largest absolute Gasteiger partial charge is 0.494 e. The second-order valence-corrected chi connectivity index (χ2v) is 19.9. The van der Waals surface area contributed by atoms with Crippen molar-refractivity contribution in [2.45, 2.75) is 94.5 Å². The fourth-order valence-corrected chi connectivity index (χ4v) is 9.85. The van der Waals surface area contributed by atoms with E-state index >= 15 is 0 Å². The Balaban J connectivity index is 1.20. The van der Waals surface area contributed by atoms with Crippen molar-refractivity contribution >= 4 is 66.6 Å². The highest BCUT2D eigenvalue weighted by Gasteiger charge is 2.63. The summed E-state index contributed by atoms with van der Waals surface area (Å²) in [6, 6.07) is 4.78. The van der Waals surface area contributed by atoms with Crippen molar-refractivity contribution in [3.63, 3.8) is 0 Å². The molecule has 4 aromatic rings. The zero-order valence-electron chi connectivity index (χ0n) is 33.5. The number of anilines is 1. The Labute approximate surface area is 360 Å². The molecule has 334 valence electrons. The van der Waals surface area contributed by atoms with Crippen molar-refractivity contribution < 1.29 is 58.6 Å². The van der Waals surface area contributed by atoms with Crippen LogP contribution in [0, 0.1) is 17.2 Å².